The van der Waals surface area contributed by atoms with Crippen molar-refractivity contribution in [3.05, 3.63) is 35.4 Å². The second kappa shape index (κ2) is 7.83. The molecule has 1 rings (SSSR count). The standard InChI is InChI=1S/C15H21F3N2O.ClH/c1-10(8-13(21)20-9-14(2,3)19)11-6-4-5-7-12(11)15(16,17)18;/h4-7,10H,8-9,19H2,1-3H3,(H,20,21);1H. The van der Waals surface area contributed by atoms with Crippen molar-refractivity contribution >= 4 is 18.3 Å². The number of nitrogens with one attached hydrogen (secondary N) is 1. The van der Waals surface area contributed by atoms with Crippen LogP contribution in [-0.2, 0) is 11.0 Å². The Kier molecular flexibility index (Phi) is 7.38. The van der Waals surface area contributed by atoms with Gasteiger partial charge in [0.25, 0.3) is 0 Å². The second-order valence-corrected chi connectivity index (χ2v) is 5.96. The molecule has 0 spiro atoms. The van der Waals surface area contributed by atoms with Crippen molar-refractivity contribution in [2.45, 2.75) is 44.8 Å². The smallest absolute Gasteiger partial charge is 0.354 e. The molecule has 0 heterocycles. The fourth-order valence-electron chi connectivity index (χ4n) is 1.97. The Morgan fingerprint density at radius 3 is 2.32 bits per heavy atom. The minimum Gasteiger partial charge on any atom is -0.354 e. The molecule has 1 unspecified atom stereocenters. The lowest BCUT2D eigenvalue weighted by Crippen LogP contribution is -2.45. The van der Waals surface area contributed by atoms with E-state index >= 15 is 0 Å². The summed E-state index contributed by atoms with van der Waals surface area (Å²) < 4.78 is 38.8. The van der Waals surface area contributed by atoms with E-state index in [1.807, 2.05) is 0 Å². The molecule has 0 aromatic heterocycles. The summed E-state index contributed by atoms with van der Waals surface area (Å²) >= 11 is 0. The third-order valence-corrected chi connectivity index (χ3v) is 3.03. The van der Waals surface area contributed by atoms with Crippen LogP contribution in [0.3, 0.4) is 0 Å². The van der Waals surface area contributed by atoms with Gasteiger partial charge in [-0.15, -0.1) is 12.4 Å². The maximum atomic E-state index is 12.9. The van der Waals surface area contributed by atoms with Crippen LogP contribution in [0.1, 0.15) is 44.2 Å². The number of rotatable bonds is 5. The van der Waals surface area contributed by atoms with Crippen LogP contribution < -0.4 is 11.1 Å². The summed E-state index contributed by atoms with van der Waals surface area (Å²) in [4.78, 5) is 11.8. The summed E-state index contributed by atoms with van der Waals surface area (Å²) in [6, 6.07) is 5.33. The van der Waals surface area contributed by atoms with Crippen LogP contribution in [0.15, 0.2) is 24.3 Å². The van der Waals surface area contributed by atoms with Crippen molar-refractivity contribution in [3.8, 4) is 0 Å². The Balaban J connectivity index is 0.00000441. The van der Waals surface area contributed by atoms with E-state index in [4.69, 9.17) is 5.73 Å². The maximum Gasteiger partial charge on any atom is 0.416 e. The Bertz CT molecular complexity index is 498. The van der Waals surface area contributed by atoms with Crippen molar-refractivity contribution in [2.75, 3.05) is 6.54 Å². The maximum absolute atomic E-state index is 12.9. The number of amides is 1. The summed E-state index contributed by atoms with van der Waals surface area (Å²) in [5.41, 5.74) is 4.63. The number of carbonyl (C=O) groups is 1. The van der Waals surface area contributed by atoms with E-state index in [9.17, 15) is 18.0 Å². The van der Waals surface area contributed by atoms with Gasteiger partial charge in [0.1, 0.15) is 0 Å². The molecular weight excluding hydrogens is 317 g/mol. The van der Waals surface area contributed by atoms with Crippen molar-refractivity contribution in [2.24, 2.45) is 5.73 Å². The van der Waals surface area contributed by atoms with E-state index in [1.54, 1.807) is 26.8 Å². The summed E-state index contributed by atoms with van der Waals surface area (Å²) in [6.45, 7) is 5.41. The van der Waals surface area contributed by atoms with Crippen molar-refractivity contribution < 1.29 is 18.0 Å². The molecule has 1 aromatic carbocycles. The van der Waals surface area contributed by atoms with Crippen LogP contribution in [0.5, 0.6) is 0 Å². The number of hydrogen-bond donors (Lipinski definition) is 2. The predicted molar refractivity (Wildman–Crippen MR) is 83.0 cm³/mol. The number of nitrogens with two attached hydrogens (primary N) is 1. The lowest BCUT2D eigenvalue weighted by molar-refractivity contribution is -0.138. The highest BCUT2D eigenvalue weighted by molar-refractivity contribution is 5.85. The molecular formula is C15H22ClF3N2O. The Morgan fingerprint density at radius 2 is 1.82 bits per heavy atom. The molecule has 126 valence electrons. The lowest BCUT2D eigenvalue weighted by atomic mass is 9.92. The largest absolute Gasteiger partial charge is 0.416 e. The van der Waals surface area contributed by atoms with Crippen LogP contribution in [0.2, 0.25) is 0 Å². The lowest BCUT2D eigenvalue weighted by Gasteiger charge is -2.21. The topological polar surface area (TPSA) is 55.1 Å². The first-order valence-corrected chi connectivity index (χ1v) is 6.72. The van der Waals surface area contributed by atoms with Gasteiger partial charge in [0.2, 0.25) is 5.91 Å². The first kappa shape index (κ1) is 20.7. The molecule has 3 N–H and O–H groups in total. The summed E-state index contributed by atoms with van der Waals surface area (Å²) in [6.07, 6.45) is -4.43. The van der Waals surface area contributed by atoms with E-state index in [1.165, 1.54) is 12.1 Å². The third kappa shape index (κ3) is 6.66. The van der Waals surface area contributed by atoms with E-state index in [0.29, 0.717) is 0 Å². The normalized spacial score (nSPS) is 13.2. The predicted octanol–water partition coefficient (Wildman–Crippen LogP) is 3.47. The zero-order valence-electron chi connectivity index (χ0n) is 12.8. The molecule has 1 amide bonds. The highest BCUT2D eigenvalue weighted by atomic mass is 35.5. The molecule has 3 nitrogen and oxygen atoms in total. The molecule has 7 heteroatoms. The quantitative estimate of drug-likeness (QED) is 0.863. The minimum absolute atomic E-state index is 0. The van der Waals surface area contributed by atoms with Gasteiger partial charge in [-0.25, -0.2) is 0 Å². The highest BCUT2D eigenvalue weighted by Gasteiger charge is 2.34. The van der Waals surface area contributed by atoms with Crippen LogP contribution in [0.4, 0.5) is 13.2 Å². The number of alkyl halides is 3. The van der Waals surface area contributed by atoms with Gasteiger partial charge in [-0.3, -0.25) is 4.79 Å². The average Bonchev–Trinajstić information content (AvgIpc) is 2.34. The van der Waals surface area contributed by atoms with Gasteiger partial charge in [-0.1, -0.05) is 25.1 Å². The van der Waals surface area contributed by atoms with Gasteiger partial charge in [0, 0.05) is 18.5 Å². The number of halogens is 4. The first-order valence-electron chi connectivity index (χ1n) is 6.72. The van der Waals surface area contributed by atoms with Crippen LogP contribution >= 0.6 is 12.4 Å². The highest BCUT2D eigenvalue weighted by Crippen LogP contribution is 2.35. The van der Waals surface area contributed by atoms with E-state index in [0.717, 1.165) is 6.07 Å². The number of carbonyl (C=O) groups excluding carboxylic acids is 1. The van der Waals surface area contributed by atoms with E-state index in [-0.39, 0.29) is 36.8 Å². The van der Waals surface area contributed by atoms with Crippen LogP contribution in [0, 0.1) is 0 Å². The van der Waals surface area contributed by atoms with Gasteiger partial charge in [-0.05, 0) is 31.4 Å². The molecule has 0 aliphatic carbocycles. The fraction of sp³-hybridized carbons (Fsp3) is 0.533. The molecule has 1 atom stereocenters. The minimum atomic E-state index is -4.42. The molecule has 1 aromatic rings. The molecule has 0 radical (unpaired) electrons. The third-order valence-electron chi connectivity index (χ3n) is 3.03. The van der Waals surface area contributed by atoms with Gasteiger partial charge >= 0.3 is 6.18 Å². The zero-order valence-corrected chi connectivity index (χ0v) is 13.6. The van der Waals surface area contributed by atoms with E-state index < -0.39 is 23.2 Å². The monoisotopic (exact) mass is 338 g/mol. The van der Waals surface area contributed by atoms with Crippen molar-refractivity contribution in [1.29, 1.82) is 0 Å². The first-order chi connectivity index (χ1) is 9.50. The fourth-order valence-corrected chi connectivity index (χ4v) is 1.97. The Labute approximate surface area is 134 Å². The number of hydrogen-bond acceptors (Lipinski definition) is 2. The van der Waals surface area contributed by atoms with Crippen LogP contribution in [-0.4, -0.2) is 18.0 Å². The Hall–Kier alpha value is -1.27. The second-order valence-electron chi connectivity index (χ2n) is 5.96. The molecule has 0 fully saturated rings. The Morgan fingerprint density at radius 1 is 1.27 bits per heavy atom. The molecule has 0 bridgehead atoms. The SMILES string of the molecule is CC(CC(=O)NCC(C)(C)N)c1ccccc1C(F)(F)F.Cl. The van der Waals surface area contributed by atoms with Gasteiger partial charge in [0.15, 0.2) is 0 Å². The molecule has 0 aliphatic heterocycles. The summed E-state index contributed by atoms with van der Waals surface area (Å²) in [5, 5.41) is 2.64. The van der Waals surface area contributed by atoms with Crippen molar-refractivity contribution in [3.63, 3.8) is 0 Å². The molecule has 0 aliphatic rings. The van der Waals surface area contributed by atoms with Gasteiger partial charge in [-0.2, -0.15) is 13.2 Å². The molecule has 0 saturated carbocycles. The molecule has 0 saturated heterocycles. The van der Waals surface area contributed by atoms with Gasteiger partial charge < -0.3 is 11.1 Å². The summed E-state index contributed by atoms with van der Waals surface area (Å²) in [7, 11) is 0. The molecule has 22 heavy (non-hydrogen) atoms. The summed E-state index contributed by atoms with van der Waals surface area (Å²) in [5.74, 6) is -0.832. The van der Waals surface area contributed by atoms with Crippen molar-refractivity contribution in [1.82, 2.24) is 5.32 Å². The average molecular weight is 339 g/mol. The zero-order chi connectivity index (χ0) is 16.3. The van der Waals surface area contributed by atoms with E-state index in [2.05, 4.69) is 5.32 Å². The van der Waals surface area contributed by atoms with Crippen LogP contribution in [0.25, 0.3) is 0 Å². The number of benzene rings is 1. The van der Waals surface area contributed by atoms with Gasteiger partial charge in [0.05, 0.1) is 5.56 Å².